The topological polar surface area (TPSA) is 58.6 Å². The smallest absolute Gasteiger partial charge is 0.309 e. The minimum atomic E-state index is -0.101. The van der Waals surface area contributed by atoms with Crippen LogP contribution >= 0.6 is 0 Å². The standard InChI is InChI=1S/C26H45NO3/c1-16(2)11-13-27-22-15-26(4)20(8-9-21(26)24(29)30-5)19-7-6-17-14-18(28)10-12-25(17,3)23(19)22/h16-23,27-28H,6-15H2,1-5H3/t17?,18?,19-,20-,21?,22?,23-,25-,26-/m0/s1. The van der Waals surface area contributed by atoms with Crippen LogP contribution in [-0.2, 0) is 9.53 Å². The number of carbonyl (C=O) groups excluding carboxylic acids is 1. The summed E-state index contributed by atoms with van der Waals surface area (Å²) in [5.41, 5.74) is 0.378. The van der Waals surface area contributed by atoms with Crippen LogP contribution in [0.4, 0.5) is 0 Å². The third-order valence-corrected chi connectivity index (χ3v) is 10.2. The summed E-state index contributed by atoms with van der Waals surface area (Å²) in [4.78, 5) is 12.7. The van der Waals surface area contributed by atoms with Crippen LogP contribution in [0.2, 0.25) is 0 Å². The molecule has 0 amide bonds. The Hall–Kier alpha value is -0.610. The molecule has 4 fully saturated rings. The van der Waals surface area contributed by atoms with E-state index >= 15 is 0 Å². The maximum atomic E-state index is 12.7. The van der Waals surface area contributed by atoms with Gasteiger partial charge in [0.25, 0.3) is 0 Å². The molecule has 4 aliphatic carbocycles. The van der Waals surface area contributed by atoms with E-state index in [-0.39, 0.29) is 23.4 Å². The van der Waals surface area contributed by atoms with Crippen molar-refractivity contribution >= 4 is 5.97 Å². The van der Waals surface area contributed by atoms with E-state index in [0.717, 1.165) is 38.6 Å². The number of hydrogen-bond acceptors (Lipinski definition) is 4. The monoisotopic (exact) mass is 419 g/mol. The molecule has 4 rings (SSSR count). The second kappa shape index (κ2) is 8.39. The largest absolute Gasteiger partial charge is 0.469 e. The van der Waals surface area contributed by atoms with Gasteiger partial charge in [-0.1, -0.05) is 27.7 Å². The molecule has 0 aromatic carbocycles. The molecule has 4 saturated carbocycles. The molecule has 2 N–H and O–H groups in total. The van der Waals surface area contributed by atoms with E-state index in [0.29, 0.717) is 41.0 Å². The van der Waals surface area contributed by atoms with Gasteiger partial charge in [-0.2, -0.15) is 0 Å². The van der Waals surface area contributed by atoms with Gasteiger partial charge in [-0.05, 0) is 105 Å². The van der Waals surface area contributed by atoms with E-state index in [1.165, 1.54) is 25.7 Å². The average Bonchev–Trinajstić information content (AvgIpc) is 3.04. The number of nitrogens with one attached hydrogen (secondary N) is 1. The zero-order chi connectivity index (χ0) is 21.7. The average molecular weight is 420 g/mol. The van der Waals surface area contributed by atoms with Crippen molar-refractivity contribution in [2.24, 2.45) is 46.3 Å². The van der Waals surface area contributed by atoms with Gasteiger partial charge < -0.3 is 15.2 Å². The third kappa shape index (κ3) is 3.64. The second-order valence-electron chi connectivity index (χ2n) is 12.1. The van der Waals surface area contributed by atoms with E-state index in [1.54, 1.807) is 7.11 Å². The number of aliphatic hydroxyl groups excluding tert-OH is 1. The lowest BCUT2D eigenvalue weighted by atomic mass is 9.43. The molecule has 0 aromatic rings. The van der Waals surface area contributed by atoms with Crippen LogP contribution < -0.4 is 5.32 Å². The molecule has 0 bridgehead atoms. The van der Waals surface area contributed by atoms with Crippen LogP contribution in [-0.4, -0.2) is 36.9 Å². The lowest BCUT2D eigenvalue weighted by Crippen LogP contribution is -2.62. The Labute approximate surface area is 183 Å². The van der Waals surface area contributed by atoms with Crippen molar-refractivity contribution in [1.29, 1.82) is 0 Å². The van der Waals surface area contributed by atoms with Crippen molar-refractivity contribution in [2.45, 2.75) is 97.6 Å². The number of fused-ring (bicyclic) bond motifs is 5. The molecule has 4 unspecified atom stereocenters. The van der Waals surface area contributed by atoms with Gasteiger partial charge in [-0.25, -0.2) is 0 Å². The number of aliphatic hydroxyl groups is 1. The molecule has 0 aromatic heterocycles. The van der Waals surface area contributed by atoms with Crippen molar-refractivity contribution < 1.29 is 14.6 Å². The van der Waals surface area contributed by atoms with Gasteiger partial charge in [0.2, 0.25) is 0 Å². The van der Waals surface area contributed by atoms with Crippen molar-refractivity contribution in [3.05, 3.63) is 0 Å². The molecule has 4 aliphatic rings. The SMILES string of the molecule is COC(=O)C1CC[C@H]2[C@@H]3CCC4CC(O)CC[C@]4(C)[C@@H]3C(NCCC(C)C)C[C@]12C. The summed E-state index contributed by atoms with van der Waals surface area (Å²) >= 11 is 0. The first-order valence-corrected chi connectivity index (χ1v) is 12.7. The van der Waals surface area contributed by atoms with Crippen LogP contribution in [0, 0.1) is 46.3 Å². The number of methoxy groups -OCH3 is 1. The molecule has 0 spiro atoms. The molecular weight excluding hydrogens is 374 g/mol. The first-order chi connectivity index (χ1) is 14.2. The summed E-state index contributed by atoms with van der Waals surface area (Å²) in [6.07, 6.45) is 10.0. The number of carbonyl (C=O) groups is 1. The summed E-state index contributed by atoms with van der Waals surface area (Å²) in [5, 5.41) is 14.4. The predicted molar refractivity (Wildman–Crippen MR) is 120 cm³/mol. The van der Waals surface area contributed by atoms with Gasteiger partial charge in [-0.3, -0.25) is 4.79 Å². The van der Waals surface area contributed by atoms with E-state index in [2.05, 4.69) is 33.0 Å². The van der Waals surface area contributed by atoms with Gasteiger partial charge in [0.05, 0.1) is 19.1 Å². The molecule has 0 radical (unpaired) electrons. The summed E-state index contributed by atoms with van der Waals surface area (Å²) < 4.78 is 5.26. The van der Waals surface area contributed by atoms with E-state index in [9.17, 15) is 9.90 Å². The summed E-state index contributed by atoms with van der Waals surface area (Å²) in [6, 6.07) is 0.475. The summed E-state index contributed by atoms with van der Waals surface area (Å²) in [5.74, 6) is 3.44. The Kier molecular flexibility index (Phi) is 6.31. The van der Waals surface area contributed by atoms with Gasteiger partial charge >= 0.3 is 5.97 Å². The highest BCUT2D eigenvalue weighted by Crippen LogP contribution is 2.67. The first-order valence-electron chi connectivity index (χ1n) is 12.7. The van der Waals surface area contributed by atoms with Crippen LogP contribution in [0.5, 0.6) is 0 Å². The Balaban J connectivity index is 1.65. The second-order valence-corrected chi connectivity index (χ2v) is 12.1. The maximum Gasteiger partial charge on any atom is 0.309 e. The maximum absolute atomic E-state index is 12.7. The molecule has 0 heterocycles. The number of hydrogen-bond donors (Lipinski definition) is 2. The highest BCUT2D eigenvalue weighted by molar-refractivity contribution is 5.74. The van der Waals surface area contributed by atoms with E-state index in [1.807, 2.05) is 0 Å². The van der Waals surface area contributed by atoms with E-state index in [4.69, 9.17) is 4.74 Å². The Morgan fingerprint density at radius 1 is 1.13 bits per heavy atom. The fraction of sp³-hybridized carbons (Fsp3) is 0.962. The number of rotatable bonds is 5. The molecule has 4 heteroatoms. The zero-order valence-electron chi connectivity index (χ0n) is 20.0. The normalized spacial score (nSPS) is 48.0. The van der Waals surface area contributed by atoms with Crippen LogP contribution in [0.1, 0.15) is 85.5 Å². The lowest BCUT2D eigenvalue weighted by Gasteiger charge is -2.63. The summed E-state index contributed by atoms with van der Waals surface area (Å²) in [6.45, 7) is 10.6. The van der Waals surface area contributed by atoms with Crippen LogP contribution in [0.25, 0.3) is 0 Å². The summed E-state index contributed by atoms with van der Waals surface area (Å²) in [7, 11) is 1.56. The van der Waals surface area contributed by atoms with Gasteiger partial charge in [0.15, 0.2) is 0 Å². The van der Waals surface area contributed by atoms with Crippen LogP contribution in [0.15, 0.2) is 0 Å². The van der Waals surface area contributed by atoms with Gasteiger partial charge in [0.1, 0.15) is 0 Å². The predicted octanol–water partition coefficient (Wildman–Crippen LogP) is 4.79. The quantitative estimate of drug-likeness (QED) is 0.629. The van der Waals surface area contributed by atoms with Crippen molar-refractivity contribution in [3.8, 4) is 0 Å². The van der Waals surface area contributed by atoms with Crippen molar-refractivity contribution in [1.82, 2.24) is 5.32 Å². The highest BCUT2D eigenvalue weighted by Gasteiger charge is 2.64. The number of ether oxygens (including phenoxy) is 1. The minimum Gasteiger partial charge on any atom is -0.469 e. The molecule has 0 aliphatic heterocycles. The van der Waals surface area contributed by atoms with Crippen molar-refractivity contribution in [2.75, 3.05) is 13.7 Å². The molecule has 0 saturated heterocycles. The minimum absolute atomic E-state index is 0.0140. The fourth-order valence-electron chi connectivity index (χ4n) is 8.70. The van der Waals surface area contributed by atoms with Crippen LogP contribution in [0.3, 0.4) is 0 Å². The Bertz CT molecular complexity index is 636. The first kappa shape index (κ1) is 22.6. The van der Waals surface area contributed by atoms with Crippen molar-refractivity contribution in [3.63, 3.8) is 0 Å². The van der Waals surface area contributed by atoms with Gasteiger partial charge in [0, 0.05) is 6.04 Å². The Morgan fingerprint density at radius 2 is 1.90 bits per heavy atom. The zero-order valence-corrected chi connectivity index (χ0v) is 20.0. The molecule has 172 valence electrons. The molecule has 30 heavy (non-hydrogen) atoms. The molecule has 4 nitrogen and oxygen atoms in total. The molecule has 9 atom stereocenters. The lowest BCUT2D eigenvalue weighted by molar-refractivity contribution is -0.161. The highest BCUT2D eigenvalue weighted by atomic mass is 16.5. The fourth-order valence-corrected chi connectivity index (χ4v) is 8.70. The number of esters is 1. The Morgan fingerprint density at radius 3 is 2.60 bits per heavy atom. The van der Waals surface area contributed by atoms with E-state index < -0.39 is 0 Å². The molecular formula is C26H45NO3. The van der Waals surface area contributed by atoms with Gasteiger partial charge in [-0.15, -0.1) is 0 Å². The third-order valence-electron chi connectivity index (χ3n) is 10.2.